The van der Waals surface area contributed by atoms with Gasteiger partial charge in [-0.05, 0) is 30.7 Å². The Morgan fingerprint density at radius 3 is 2.86 bits per heavy atom. The lowest BCUT2D eigenvalue weighted by atomic mass is 10.0. The monoisotopic (exact) mass is 290 g/mol. The summed E-state index contributed by atoms with van der Waals surface area (Å²) < 4.78 is 5.54. The lowest BCUT2D eigenvalue weighted by Crippen LogP contribution is -2.59. The zero-order valence-corrected chi connectivity index (χ0v) is 11.8. The number of amides is 1. The molecular formula is C15H18N2O4. The molecule has 0 unspecified atom stereocenters. The smallest absolute Gasteiger partial charge is 0.328 e. The molecule has 0 radical (unpaired) electrons. The molecule has 6 nitrogen and oxygen atoms in total. The zero-order chi connectivity index (χ0) is 15.3. The minimum atomic E-state index is -1.01. The molecule has 1 amide bonds. The number of benzene rings is 1. The Kier molecular flexibility index (Phi) is 4.72. The van der Waals surface area contributed by atoms with Crippen molar-refractivity contribution in [3.8, 4) is 0 Å². The van der Waals surface area contributed by atoms with Gasteiger partial charge in [-0.25, -0.2) is 4.79 Å². The van der Waals surface area contributed by atoms with Gasteiger partial charge in [0, 0.05) is 24.9 Å². The van der Waals surface area contributed by atoms with E-state index in [1.165, 1.54) is 6.08 Å². The molecule has 0 aliphatic carbocycles. The number of carboxylic acids is 1. The van der Waals surface area contributed by atoms with E-state index in [9.17, 15) is 9.59 Å². The van der Waals surface area contributed by atoms with E-state index in [-0.39, 0.29) is 18.1 Å². The summed E-state index contributed by atoms with van der Waals surface area (Å²) in [7, 11) is 0. The molecule has 0 spiro atoms. The first-order valence-corrected chi connectivity index (χ1v) is 6.62. The summed E-state index contributed by atoms with van der Waals surface area (Å²) in [5.41, 5.74) is 1.04. The molecule has 112 valence electrons. The van der Waals surface area contributed by atoms with E-state index in [2.05, 4.69) is 10.6 Å². The molecule has 1 heterocycles. The van der Waals surface area contributed by atoms with Gasteiger partial charge in [0.15, 0.2) is 0 Å². The SMILES string of the molecule is CC1(OCC(=O)Nc2cccc(/C=C/C(=O)O)c2)CNC1. The van der Waals surface area contributed by atoms with Crippen molar-refractivity contribution in [2.45, 2.75) is 12.5 Å². The molecule has 6 heteroatoms. The van der Waals surface area contributed by atoms with Gasteiger partial charge in [0.2, 0.25) is 5.91 Å². The Hall–Kier alpha value is -2.18. The summed E-state index contributed by atoms with van der Waals surface area (Å²) in [6.07, 6.45) is 2.52. The van der Waals surface area contributed by atoms with Crippen molar-refractivity contribution >= 4 is 23.6 Å². The highest BCUT2D eigenvalue weighted by Crippen LogP contribution is 2.16. The van der Waals surface area contributed by atoms with Crippen molar-refractivity contribution in [2.75, 3.05) is 25.0 Å². The first-order chi connectivity index (χ1) is 9.97. The van der Waals surface area contributed by atoms with Crippen molar-refractivity contribution in [3.63, 3.8) is 0 Å². The van der Waals surface area contributed by atoms with Crippen LogP contribution in [0.4, 0.5) is 5.69 Å². The van der Waals surface area contributed by atoms with Gasteiger partial charge in [-0.15, -0.1) is 0 Å². The van der Waals surface area contributed by atoms with E-state index >= 15 is 0 Å². The first kappa shape index (κ1) is 15.2. The summed E-state index contributed by atoms with van der Waals surface area (Å²) in [6.45, 7) is 3.44. The predicted octanol–water partition coefficient (Wildman–Crippen LogP) is 1.10. The maximum absolute atomic E-state index is 11.8. The van der Waals surface area contributed by atoms with Crippen LogP contribution in [0.3, 0.4) is 0 Å². The highest BCUT2D eigenvalue weighted by molar-refractivity contribution is 5.92. The fourth-order valence-electron chi connectivity index (χ4n) is 1.90. The fourth-order valence-corrected chi connectivity index (χ4v) is 1.90. The maximum atomic E-state index is 11.8. The minimum absolute atomic E-state index is 0.00657. The second kappa shape index (κ2) is 6.51. The summed E-state index contributed by atoms with van der Waals surface area (Å²) in [4.78, 5) is 22.3. The first-order valence-electron chi connectivity index (χ1n) is 6.62. The molecule has 1 saturated heterocycles. The Morgan fingerprint density at radius 1 is 1.48 bits per heavy atom. The van der Waals surface area contributed by atoms with Gasteiger partial charge in [0.05, 0.1) is 5.60 Å². The van der Waals surface area contributed by atoms with Crippen molar-refractivity contribution in [1.82, 2.24) is 5.32 Å². The average Bonchev–Trinajstić information content (AvgIpc) is 2.41. The maximum Gasteiger partial charge on any atom is 0.328 e. The van der Waals surface area contributed by atoms with E-state index in [0.29, 0.717) is 11.3 Å². The number of aliphatic carboxylic acids is 1. The lowest BCUT2D eigenvalue weighted by Gasteiger charge is -2.38. The van der Waals surface area contributed by atoms with Crippen LogP contribution in [-0.4, -0.2) is 42.3 Å². The third-order valence-electron chi connectivity index (χ3n) is 3.14. The Bertz CT molecular complexity index is 565. The molecule has 0 atom stereocenters. The molecule has 1 aromatic carbocycles. The summed E-state index contributed by atoms with van der Waals surface area (Å²) in [5, 5.41) is 14.4. The highest BCUT2D eigenvalue weighted by Gasteiger charge is 2.32. The second-order valence-electron chi connectivity index (χ2n) is 5.19. The van der Waals surface area contributed by atoms with Crippen LogP contribution in [0, 0.1) is 0 Å². The number of hydrogen-bond donors (Lipinski definition) is 3. The Labute approximate surface area is 122 Å². The number of carboxylic acid groups (broad SMARTS) is 1. The number of rotatable bonds is 6. The standard InChI is InChI=1S/C15H18N2O4/c1-15(9-16-10-15)21-8-13(18)17-12-4-2-3-11(7-12)5-6-14(19)20/h2-7,16H,8-10H2,1H3,(H,17,18)(H,19,20)/b6-5+. The van der Waals surface area contributed by atoms with E-state index in [4.69, 9.17) is 9.84 Å². The quantitative estimate of drug-likeness (QED) is 0.683. The number of hydrogen-bond acceptors (Lipinski definition) is 4. The third kappa shape index (κ3) is 4.70. The van der Waals surface area contributed by atoms with Crippen LogP contribution in [0.5, 0.6) is 0 Å². The predicted molar refractivity (Wildman–Crippen MR) is 79.0 cm³/mol. The molecule has 0 saturated carbocycles. The van der Waals surface area contributed by atoms with Crippen LogP contribution in [-0.2, 0) is 14.3 Å². The van der Waals surface area contributed by atoms with Crippen LogP contribution in [0.1, 0.15) is 12.5 Å². The van der Waals surface area contributed by atoms with Gasteiger partial charge >= 0.3 is 5.97 Å². The van der Waals surface area contributed by atoms with Crippen LogP contribution in [0.15, 0.2) is 30.3 Å². The molecule has 3 N–H and O–H groups in total. The van der Waals surface area contributed by atoms with Crippen molar-refractivity contribution in [2.24, 2.45) is 0 Å². The lowest BCUT2D eigenvalue weighted by molar-refractivity contribution is -0.131. The normalized spacial score (nSPS) is 16.4. The van der Waals surface area contributed by atoms with Gasteiger partial charge in [-0.2, -0.15) is 0 Å². The number of anilines is 1. The van der Waals surface area contributed by atoms with Crippen LogP contribution >= 0.6 is 0 Å². The number of nitrogens with one attached hydrogen (secondary N) is 2. The number of carbonyl (C=O) groups is 2. The molecule has 1 fully saturated rings. The molecule has 0 bridgehead atoms. The van der Waals surface area contributed by atoms with E-state index in [1.54, 1.807) is 24.3 Å². The summed E-state index contributed by atoms with van der Waals surface area (Å²) in [6, 6.07) is 6.94. The van der Waals surface area contributed by atoms with Gasteiger partial charge in [-0.1, -0.05) is 12.1 Å². The van der Waals surface area contributed by atoms with Gasteiger partial charge in [-0.3, -0.25) is 4.79 Å². The molecule has 21 heavy (non-hydrogen) atoms. The van der Waals surface area contributed by atoms with Crippen LogP contribution < -0.4 is 10.6 Å². The van der Waals surface area contributed by atoms with Crippen molar-refractivity contribution in [3.05, 3.63) is 35.9 Å². The Balaban J connectivity index is 1.88. The number of carbonyl (C=O) groups excluding carboxylic acids is 1. The number of ether oxygens (including phenoxy) is 1. The molecule has 0 aromatic heterocycles. The summed E-state index contributed by atoms with van der Waals surface area (Å²) in [5.74, 6) is -1.25. The molecule has 1 aromatic rings. The molecular weight excluding hydrogens is 272 g/mol. The van der Waals surface area contributed by atoms with E-state index in [1.807, 2.05) is 6.92 Å². The van der Waals surface area contributed by atoms with Gasteiger partial charge in [0.1, 0.15) is 6.61 Å². The van der Waals surface area contributed by atoms with Crippen LogP contribution in [0.2, 0.25) is 0 Å². The molecule has 1 aliphatic heterocycles. The Morgan fingerprint density at radius 2 is 2.24 bits per heavy atom. The van der Waals surface area contributed by atoms with E-state index < -0.39 is 5.97 Å². The summed E-state index contributed by atoms with van der Waals surface area (Å²) >= 11 is 0. The van der Waals surface area contributed by atoms with Crippen LogP contribution in [0.25, 0.3) is 6.08 Å². The van der Waals surface area contributed by atoms with E-state index in [0.717, 1.165) is 19.2 Å². The van der Waals surface area contributed by atoms with Crippen molar-refractivity contribution < 1.29 is 19.4 Å². The zero-order valence-electron chi connectivity index (χ0n) is 11.8. The molecule has 2 rings (SSSR count). The topological polar surface area (TPSA) is 87.7 Å². The highest BCUT2D eigenvalue weighted by atomic mass is 16.5. The van der Waals surface area contributed by atoms with Gasteiger partial charge < -0.3 is 20.5 Å². The fraction of sp³-hybridized carbons (Fsp3) is 0.333. The van der Waals surface area contributed by atoms with Gasteiger partial charge in [0.25, 0.3) is 0 Å². The largest absolute Gasteiger partial charge is 0.478 e. The average molecular weight is 290 g/mol. The second-order valence-corrected chi connectivity index (χ2v) is 5.19. The molecule has 1 aliphatic rings. The van der Waals surface area contributed by atoms with Crippen molar-refractivity contribution in [1.29, 1.82) is 0 Å². The minimum Gasteiger partial charge on any atom is -0.478 e. The third-order valence-corrected chi connectivity index (χ3v) is 3.14.